The first-order valence-corrected chi connectivity index (χ1v) is 7.21. The Hall–Kier alpha value is -1.06. The number of aryl methyl sites for hydroxylation is 2. The van der Waals surface area contributed by atoms with E-state index in [1.807, 2.05) is 0 Å². The molecule has 0 aromatic heterocycles. The summed E-state index contributed by atoms with van der Waals surface area (Å²) in [5.41, 5.74) is 9.35. The summed E-state index contributed by atoms with van der Waals surface area (Å²) in [7, 11) is 0. The van der Waals surface area contributed by atoms with Crippen LogP contribution in [-0.4, -0.2) is 26.4 Å². The van der Waals surface area contributed by atoms with Gasteiger partial charge in [0, 0.05) is 13.2 Å². The lowest BCUT2D eigenvalue weighted by atomic mass is 10.0. The molecule has 0 spiro atoms. The van der Waals surface area contributed by atoms with Gasteiger partial charge < -0.3 is 15.2 Å². The van der Waals surface area contributed by atoms with Gasteiger partial charge in [-0.1, -0.05) is 12.1 Å². The molecular weight excluding hydrogens is 238 g/mol. The molecule has 0 aliphatic carbocycles. The molecule has 0 atom stereocenters. The Morgan fingerprint density at radius 3 is 2.42 bits per heavy atom. The van der Waals surface area contributed by atoms with Gasteiger partial charge in [0.05, 0.1) is 6.61 Å². The van der Waals surface area contributed by atoms with Crippen molar-refractivity contribution >= 4 is 0 Å². The van der Waals surface area contributed by atoms with E-state index in [1.165, 1.54) is 16.7 Å². The molecule has 1 aliphatic rings. The predicted molar refractivity (Wildman–Crippen MR) is 77.7 cm³/mol. The van der Waals surface area contributed by atoms with Crippen molar-refractivity contribution in [2.24, 2.45) is 11.7 Å². The van der Waals surface area contributed by atoms with E-state index in [4.69, 9.17) is 15.2 Å². The molecule has 0 radical (unpaired) electrons. The van der Waals surface area contributed by atoms with Crippen LogP contribution in [0.4, 0.5) is 0 Å². The van der Waals surface area contributed by atoms with E-state index < -0.39 is 0 Å². The lowest BCUT2D eigenvalue weighted by Crippen LogP contribution is -2.21. The van der Waals surface area contributed by atoms with Gasteiger partial charge in [0.15, 0.2) is 0 Å². The third kappa shape index (κ3) is 3.95. The van der Waals surface area contributed by atoms with Gasteiger partial charge in [0.1, 0.15) is 5.75 Å². The molecule has 19 heavy (non-hydrogen) atoms. The Balaban J connectivity index is 1.99. The molecule has 0 saturated carbocycles. The van der Waals surface area contributed by atoms with Gasteiger partial charge in [-0.2, -0.15) is 0 Å². The van der Waals surface area contributed by atoms with E-state index >= 15 is 0 Å². The molecule has 3 heteroatoms. The first kappa shape index (κ1) is 14.4. The summed E-state index contributed by atoms with van der Waals surface area (Å²) in [5.74, 6) is 1.68. The molecule has 1 aliphatic heterocycles. The van der Waals surface area contributed by atoms with Crippen LogP contribution >= 0.6 is 0 Å². The van der Waals surface area contributed by atoms with Crippen LogP contribution in [0.3, 0.4) is 0 Å². The van der Waals surface area contributed by atoms with Crippen LogP contribution in [-0.2, 0) is 11.2 Å². The summed E-state index contributed by atoms with van der Waals surface area (Å²) in [5, 5.41) is 0. The third-order valence-electron chi connectivity index (χ3n) is 3.76. The second-order valence-electron chi connectivity index (χ2n) is 5.46. The fourth-order valence-electron chi connectivity index (χ4n) is 2.69. The average molecular weight is 263 g/mol. The molecule has 1 heterocycles. The monoisotopic (exact) mass is 263 g/mol. The number of benzene rings is 1. The zero-order valence-corrected chi connectivity index (χ0v) is 12.1. The highest BCUT2D eigenvalue weighted by Crippen LogP contribution is 2.26. The minimum Gasteiger partial charge on any atom is -0.493 e. The van der Waals surface area contributed by atoms with Crippen LogP contribution in [0.5, 0.6) is 5.75 Å². The van der Waals surface area contributed by atoms with Crippen molar-refractivity contribution in [1.82, 2.24) is 0 Å². The fourth-order valence-corrected chi connectivity index (χ4v) is 2.69. The van der Waals surface area contributed by atoms with Gasteiger partial charge in [-0.25, -0.2) is 0 Å². The Morgan fingerprint density at radius 1 is 1.21 bits per heavy atom. The van der Waals surface area contributed by atoms with Crippen molar-refractivity contribution < 1.29 is 9.47 Å². The Bertz CT molecular complexity index is 388. The summed E-state index contributed by atoms with van der Waals surface area (Å²) < 4.78 is 11.4. The Morgan fingerprint density at radius 2 is 1.84 bits per heavy atom. The molecule has 0 unspecified atom stereocenters. The lowest BCUT2D eigenvalue weighted by Gasteiger charge is -2.23. The first-order chi connectivity index (χ1) is 9.20. The maximum absolute atomic E-state index is 6.05. The Labute approximate surface area is 116 Å². The van der Waals surface area contributed by atoms with Gasteiger partial charge in [0.2, 0.25) is 0 Å². The quantitative estimate of drug-likeness (QED) is 0.888. The van der Waals surface area contributed by atoms with Crippen LogP contribution < -0.4 is 10.5 Å². The Kier molecular flexibility index (Phi) is 5.23. The molecular formula is C16H25NO2. The van der Waals surface area contributed by atoms with Gasteiger partial charge in [-0.05, 0) is 62.3 Å². The number of ether oxygens (including phenoxy) is 2. The summed E-state index contributed by atoms with van der Waals surface area (Å²) in [4.78, 5) is 0. The SMILES string of the molecule is Cc1cc(CCN)cc(C)c1OCC1CCOCC1. The van der Waals surface area contributed by atoms with Crippen LogP contribution in [0, 0.1) is 19.8 Å². The number of hydrogen-bond acceptors (Lipinski definition) is 3. The highest BCUT2D eigenvalue weighted by molar-refractivity contribution is 5.43. The molecule has 1 aromatic carbocycles. The minimum atomic E-state index is 0.635. The van der Waals surface area contributed by atoms with Crippen LogP contribution in [0.2, 0.25) is 0 Å². The predicted octanol–water partition coefficient (Wildman–Crippen LogP) is 2.61. The zero-order valence-electron chi connectivity index (χ0n) is 12.1. The molecule has 1 fully saturated rings. The topological polar surface area (TPSA) is 44.5 Å². The van der Waals surface area contributed by atoms with Gasteiger partial charge >= 0.3 is 0 Å². The van der Waals surface area contributed by atoms with Crippen molar-refractivity contribution in [2.45, 2.75) is 33.1 Å². The highest BCUT2D eigenvalue weighted by Gasteiger charge is 2.15. The molecule has 2 rings (SSSR count). The first-order valence-electron chi connectivity index (χ1n) is 7.21. The molecule has 3 nitrogen and oxygen atoms in total. The average Bonchev–Trinajstić information content (AvgIpc) is 2.39. The maximum atomic E-state index is 6.05. The molecule has 106 valence electrons. The summed E-state index contributed by atoms with van der Waals surface area (Å²) in [6, 6.07) is 4.39. The molecule has 0 amide bonds. The molecule has 1 saturated heterocycles. The number of nitrogens with two attached hydrogens (primary N) is 1. The smallest absolute Gasteiger partial charge is 0.125 e. The molecule has 0 bridgehead atoms. The van der Waals surface area contributed by atoms with E-state index in [1.54, 1.807) is 0 Å². The van der Waals surface area contributed by atoms with Crippen molar-refractivity contribution in [3.63, 3.8) is 0 Å². The van der Waals surface area contributed by atoms with Gasteiger partial charge in [-0.15, -0.1) is 0 Å². The van der Waals surface area contributed by atoms with Crippen molar-refractivity contribution in [2.75, 3.05) is 26.4 Å². The van der Waals surface area contributed by atoms with Gasteiger partial charge in [-0.3, -0.25) is 0 Å². The second kappa shape index (κ2) is 6.92. The second-order valence-corrected chi connectivity index (χ2v) is 5.46. The third-order valence-corrected chi connectivity index (χ3v) is 3.76. The van der Waals surface area contributed by atoms with E-state index in [2.05, 4.69) is 26.0 Å². The minimum absolute atomic E-state index is 0.635. The van der Waals surface area contributed by atoms with Crippen molar-refractivity contribution in [3.8, 4) is 5.75 Å². The maximum Gasteiger partial charge on any atom is 0.125 e. The highest BCUT2D eigenvalue weighted by atomic mass is 16.5. The van der Waals surface area contributed by atoms with Crippen LogP contribution in [0.1, 0.15) is 29.5 Å². The summed E-state index contributed by atoms with van der Waals surface area (Å²) in [6.45, 7) is 7.49. The summed E-state index contributed by atoms with van der Waals surface area (Å²) >= 11 is 0. The fraction of sp³-hybridized carbons (Fsp3) is 0.625. The molecule has 2 N–H and O–H groups in total. The summed E-state index contributed by atoms with van der Waals surface area (Å²) in [6.07, 6.45) is 3.16. The van der Waals surface area contributed by atoms with E-state index in [0.717, 1.165) is 44.8 Å². The zero-order chi connectivity index (χ0) is 13.7. The standard InChI is InChI=1S/C16H25NO2/c1-12-9-15(3-6-17)10-13(2)16(12)19-11-14-4-7-18-8-5-14/h9-10,14H,3-8,11,17H2,1-2H3. The normalized spacial score (nSPS) is 16.6. The van der Waals surface area contributed by atoms with Gasteiger partial charge in [0.25, 0.3) is 0 Å². The van der Waals surface area contributed by atoms with Crippen molar-refractivity contribution in [1.29, 1.82) is 0 Å². The lowest BCUT2D eigenvalue weighted by molar-refractivity contribution is 0.0495. The largest absolute Gasteiger partial charge is 0.493 e. The van der Waals surface area contributed by atoms with E-state index in [9.17, 15) is 0 Å². The van der Waals surface area contributed by atoms with Crippen molar-refractivity contribution in [3.05, 3.63) is 28.8 Å². The number of rotatable bonds is 5. The van der Waals surface area contributed by atoms with Crippen LogP contribution in [0.15, 0.2) is 12.1 Å². The number of hydrogen-bond donors (Lipinski definition) is 1. The van der Waals surface area contributed by atoms with Crippen LogP contribution in [0.25, 0.3) is 0 Å². The van der Waals surface area contributed by atoms with E-state index in [0.29, 0.717) is 12.5 Å². The van der Waals surface area contributed by atoms with E-state index in [-0.39, 0.29) is 0 Å². The molecule has 1 aromatic rings.